The van der Waals surface area contributed by atoms with Gasteiger partial charge in [0.15, 0.2) is 0 Å². The molecule has 0 spiro atoms. The van der Waals surface area contributed by atoms with Gasteiger partial charge in [-0.1, -0.05) is 6.07 Å². The molecule has 2 unspecified atom stereocenters. The molecule has 0 amide bonds. The van der Waals surface area contributed by atoms with E-state index in [1.54, 1.807) is 7.11 Å². The van der Waals surface area contributed by atoms with Gasteiger partial charge in [0.25, 0.3) is 0 Å². The maximum Gasteiger partial charge on any atom is 0.133 e. The largest absolute Gasteiger partial charge is 0.496 e. The van der Waals surface area contributed by atoms with E-state index in [1.807, 2.05) is 6.07 Å². The number of benzene rings is 1. The van der Waals surface area contributed by atoms with Crippen molar-refractivity contribution in [3.8, 4) is 5.75 Å². The lowest BCUT2D eigenvalue weighted by Crippen LogP contribution is -2.47. The number of hydrogen-bond donors (Lipinski definition) is 1. The molecule has 4 nitrogen and oxygen atoms in total. The molecule has 0 aliphatic carbocycles. The molecular weight excluding hydrogens is 330 g/mol. The number of hydrogen-bond acceptors (Lipinski definition) is 4. The van der Waals surface area contributed by atoms with Crippen LogP contribution < -0.4 is 10.5 Å². The lowest BCUT2D eigenvalue weighted by atomic mass is 9.99. The normalized spacial score (nSPS) is 21.5. The van der Waals surface area contributed by atoms with Gasteiger partial charge >= 0.3 is 0 Å². The summed E-state index contributed by atoms with van der Waals surface area (Å²) in [4.78, 5) is 4.84. The van der Waals surface area contributed by atoms with Gasteiger partial charge in [-0.2, -0.15) is 0 Å². The second-order valence-corrected chi connectivity index (χ2v) is 6.72. The summed E-state index contributed by atoms with van der Waals surface area (Å²) in [6.45, 7) is 2.94. The molecule has 1 aromatic carbocycles. The van der Waals surface area contributed by atoms with Crippen molar-refractivity contribution in [3.05, 3.63) is 28.2 Å². The van der Waals surface area contributed by atoms with Crippen LogP contribution in [-0.2, 0) is 0 Å². The van der Waals surface area contributed by atoms with Crippen LogP contribution in [0.1, 0.15) is 24.4 Å². The minimum absolute atomic E-state index is 0.240. The van der Waals surface area contributed by atoms with Gasteiger partial charge in [-0.25, -0.2) is 0 Å². The van der Waals surface area contributed by atoms with Crippen molar-refractivity contribution in [2.45, 2.75) is 24.9 Å². The second-order valence-electron chi connectivity index (χ2n) is 5.87. The standard InChI is InChI=1S/C16H26BrN3O/c1-19-8-4-5-13(11-19)20(2)15(10-18)12-6-7-16(21-3)14(17)9-12/h6-7,9,13,15H,4-5,8,10-11,18H2,1-3H3. The maximum absolute atomic E-state index is 6.07. The first-order valence-electron chi connectivity index (χ1n) is 7.50. The number of nitrogens with two attached hydrogens (primary N) is 1. The third-order valence-corrected chi connectivity index (χ3v) is 5.07. The third kappa shape index (κ3) is 3.97. The predicted molar refractivity (Wildman–Crippen MR) is 90.8 cm³/mol. The Morgan fingerprint density at radius 1 is 1.52 bits per heavy atom. The molecule has 1 aliphatic heterocycles. The second kappa shape index (κ2) is 7.58. The molecule has 21 heavy (non-hydrogen) atoms. The molecule has 2 atom stereocenters. The number of ether oxygens (including phenoxy) is 1. The summed E-state index contributed by atoms with van der Waals surface area (Å²) >= 11 is 3.57. The van der Waals surface area contributed by atoms with Crippen molar-refractivity contribution in [1.29, 1.82) is 0 Å². The van der Waals surface area contributed by atoms with E-state index in [2.05, 4.69) is 52.0 Å². The van der Waals surface area contributed by atoms with E-state index in [-0.39, 0.29) is 6.04 Å². The highest BCUT2D eigenvalue weighted by Gasteiger charge is 2.26. The molecule has 0 aromatic heterocycles. The number of halogens is 1. The smallest absolute Gasteiger partial charge is 0.133 e. The Hall–Kier alpha value is -0.620. The van der Waals surface area contributed by atoms with Crippen molar-refractivity contribution in [2.24, 2.45) is 5.73 Å². The number of piperidine rings is 1. The Bertz CT molecular complexity index is 469. The van der Waals surface area contributed by atoms with Crippen LogP contribution in [0, 0.1) is 0 Å². The van der Waals surface area contributed by atoms with Crippen molar-refractivity contribution < 1.29 is 4.74 Å². The van der Waals surface area contributed by atoms with Crippen LogP contribution in [0.2, 0.25) is 0 Å². The van der Waals surface area contributed by atoms with Crippen LogP contribution in [0.5, 0.6) is 5.75 Å². The van der Waals surface area contributed by atoms with E-state index in [0.717, 1.165) is 16.8 Å². The first kappa shape index (κ1) is 16.7. The Balaban J connectivity index is 2.16. The van der Waals surface area contributed by atoms with Gasteiger partial charge in [0.1, 0.15) is 5.75 Å². The van der Waals surface area contributed by atoms with Gasteiger partial charge in [0, 0.05) is 25.2 Å². The van der Waals surface area contributed by atoms with Gasteiger partial charge in [-0.3, -0.25) is 4.90 Å². The van der Waals surface area contributed by atoms with E-state index in [4.69, 9.17) is 10.5 Å². The molecule has 5 heteroatoms. The van der Waals surface area contributed by atoms with Gasteiger partial charge in [0.2, 0.25) is 0 Å². The summed E-state index contributed by atoms with van der Waals surface area (Å²) in [5.41, 5.74) is 7.30. The molecule has 118 valence electrons. The summed E-state index contributed by atoms with van der Waals surface area (Å²) in [5.74, 6) is 0.856. The van der Waals surface area contributed by atoms with Crippen LogP contribution in [0.4, 0.5) is 0 Å². The number of likely N-dealkylation sites (tertiary alicyclic amines) is 1. The molecule has 1 aromatic rings. The Kier molecular flexibility index (Phi) is 6.05. The summed E-state index contributed by atoms with van der Waals surface area (Å²) in [6, 6.07) is 7.05. The molecule has 2 N–H and O–H groups in total. The number of methoxy groups -OCH3 is 1. The van der Waals surface area contributed by atoms with E-state index >= 15 is 0 Å². The zero-order valence-electron chi connectivity index (χ0n) is 13.2. The topological polar surface area (TPSA) is 41.7 Å². The van der Waals surface area contributed by atoms with Crippen molar-refractivity contribution in [3.63, 3.8) is 0 Å². The van der Waals surface area contributed by atoms with Crippen LogP contribution in [0.3, 0.4) is 0 Å². The lowest BCUT2D eigenvalue weighted by molar-refractivity contribution is 0.101. The molecule has 0 bridgehead atoms. The van der Waals surface area contributed by atoms with Crippen LogP contribution in [0.15, 0.2) is 22.7 Å². The van der Waals surface area contributed by atoms with Crippen molar-refractivity contribution >= 4 is 15.9 Å². The highest BCUT2D eigenvalue weighted by Crippen LogP contribution is 2.31. The maximum atomic E-state index is 6.07. The SMILES string of the molecule is COc1ccc(C(CN)N(C)C2CCCN(C)C2)cc1Br. The van der Waals surface area contributed by atoms with Gasteiger partial charge < -0.3 is 15.4 Å². The quantitative estimate of drug-likeness (QED) is 0.880. The molecule has 2 rings (SSSR count). The first-order chi connectivity index (χ1) is 10.1. The molecule has 0 radical (unpaired) electrons. The van der Waals surface area contributed by atoms with E-state index in [1.165, 1.54) is 24.9 Å². The zero-order chi connectivity index (χ0) is 15.4. The molecule has 1 heterocycles. The minimum atomic E-state index is 0.240. The summed E-state index contributed by atoms with van der Waals surface area (Å²) in [5, 5.41) is 0. The predicted octanol–water partition coefficient (Wildman–Crippen LogP) is 2.48. The number of rotatable bonds is 5. The van der Waals surface area contributed by atoms with Crippen molar-refractivity contribution in [2.75, 3.05) is 40.8 Å². The Morgan fingerprint density at radius 3 is 2.86 bits per heavy atom. The monoisotopic (exact) mass is 355 g/mol. The molecule has 1 aliphatic rings. The molecule has 1 fully saturated rings. The van der Waals surface area contributed by atoms with Crippen molar-refractivity contribution in [1.82, 2.24) is 9.80 Å². The van der Waals surface area contributed by atoms with Crippen LogP contribution in [0.25, 0.3) is 0 Å². The van der Waals surface area contributed by atoms with E-state index in [9.17, 15) is 0 Å². The fourth-order valence-corrected chi connectivity index (χ4v) is 3.71. The average molecular weight is 356 g/mol. The average Bonchev–Trinajstić information content (AvgIpc) is 2.48. The number of likely N-dealkylation sites (N-methyl/N-ethyl adjacent to an activating group) is 2. The highest BCUT2D eigenvalue weighted by molar-refractivity contribution is 9.10. The minimum Gasteiger partial charge on any atom is -0.496 e. The number of nitrogens with zero attached hydrogens (tertiary/aromatic N) is 2. The summed E-state index contributed by atoms with van der Waals surface area (Å²) in [6.07, 6.45) is 2.50. The fraction of sp³-hybridized carbons (Fsp3) is 0.625. The van der Waals surface area contributed by atoms with E-state index in [0.29, 0.717) is 12.6 Å². The molecule has 1 saturated heterocycles. The van der Waals surface area contributed by atoms with Gasteiger partial charge in [-0.05, 0) is 67.1 Å². The summed E-state index contributed by atoms with van der Waals surface area (Å²) in [7, 11) is 6.07. The first-order valence-corrected chi connectivity index (χ1v) is 8.30. The zero-order valence-corrected chi connectivity index (χ0v) is 14.8. The molecule has 0 saturated carbocycles. The lowest BCUT2D eigenvalue weighted by Gasteiger charge is -2.40. The fourth-order valence-electron chi connectivity index (χ4n) is 3.15. The van der Waals surface area contributed by atoms with E-state index < -0.39 is 0 Å². The van der Waals surface area contributed by atoms with Crippen LogP contribution in [-0.4, -0.2) is 56.7 Å². The van der Waals surface area contributed by atoms with Gasteiger partial charge in [0.05, 0.1) is 11.6 Å². The van der Waals surface area contributed by atoms with Gasteiger partial charge in [-0.15, -0.1) is 0 Å². The Morgan fingerprint density at radius 2 is 2.29 bits per heavy atom. The highest BCUT2D eigenvalue weighted by atomic mass is 79.9. The third-order valence-electron chi connectivity index (χ3n) is 4.45. The Labute approximate surface area is 136 Å². The van der Waals surface area contributed by atoms with Crippen LogP contribution >= 0.6 is 15.9 Å². The molecular formula is C16H26BrN3O. The summed E-state index contributed by atoms with van der Waals surface area (Å²) < 4.78 is 6.29.